The molecule has 0 saturated carbocycles. The Morgan fingerprint density at radius 3 is 1.45 bits per heavy atom. The van der Waals surface area contributed by atoms with Crippen molar-refractivity contribution in [2.45, 2.75) is 22.5 Å². The van der Waals surface area contributed by atoms with Crippen LogP contribution < -0.4 is 0 Å². The molecule has 0 aromatic rings. The smallest absolute Gasteiger partial charge is 0.391 e. The van der Waals surface area contributed by atoms with Gasteiger partial charge in [0.05, 0.1) is 0 Å². The molecule has 0 rings (SSSR count). The molecular formula is C13H14Cl2F2O3. The van der Waals surface area contributed by atoms with Crippen LogP contribution in [0.4, 0.5) is 13.6 Å². The number of alkyl halides is 4. The molecule has 0 aliphatic carbocycles. The average molecular weight is 327 g/mol. The first-order chi connectivity index (χ1) is 9.19. The molecule has 112 valence electrons. The van der Waals surface area contributed by atoms with Gasteiger partial charge < -0.3 is 9.47 Å². The molecule has 0 spiro atoms. The molecule has 7 heteroatoms. The van der Waals surface area contributed by atoms with Gasteiger partial charge in [0.1, 0.15) is 10.8 Å². The molecule has 4 atom stereocenters. The zero-order valence-electron chi connectivity index (χ0n) is 10.5. The van der Waals surface area contributed by atoms with Gasteiger partial charge in [-0.3, -0.25) is 0 Å². The lowest BCUT2D eigenvalue weighted by molar-refractivity contribution is -0.129. The minimum atomic E-state index is -2.81. The van der Waals surface area contributed by atoms with Gasteiger partial charge in [-0.15, -0.1) is 36.4 Å². The van der Waals surface area contributed by atoms with E-state index in [0.29, 0.717) is 12.2 Å². The Morgan fingerprint density at radius 2 is 1.25 bits per heavy atom. The van der Waals surface area contributed by atoms with E-state index in [4.69, 9.17) is 23.2 Å². The third kappa shape index (κ3) is 4.35. The van der Waals surface area contributed by atoms with Gasteiger partial charge in [-0.25, -0.2) is 4.79 Å². The van der Waals surface area contributed by atoms with Crippen LogP contribution in [0, 0.1) is 0 Å². The topological polar surface area (TPSA) is 35.5 Å². The molecule has 0 aliphatic heterocycles. The van der Waals surface area contributed by atoms with E-state index in [2.05, 4.69) is 35.8 Å². The fourth-order valence-electron chi connectivity index (χ4n) is 1.02. The van der Waals surface area contributed by atoms with Gasteiger partial charge in [0.2, 0.25) is 0 Å². The summed E-state index contributed by atoms with van der Waals surface area (Å²) in [6.45, 7) is 12.7. The van der Waals surface area contributed by atoms with E-state index in [9.17, 15) is 13.6 Å². The minimum absolute atomic E-state index is 0.618. The first-order valence-electron chi connectivity index (χ1n) is 5.29. The van der Waals surface area contributed by atoms with Crippen molar-refractivity contribution in [1.29, 1.82) is 0 Å². The summed E-state index contributed by atoms with van der Waals surface area (Å²) in [6, 6.07) is 0. The lowest BCUT2D eigenvalue weighted by atomic mass is 10.2. The second-order valence-corrected chi connectivity index (χ2v) is 4.47. The molecule has 3 nitrogen and oxygen atoms in total. The van der Waals surface area contributed by atoms with Gasteiger partial charge >= 0.3 is 6.16 Å². The number of ether oxygens (including phenoxy) is 2. The molecule has 0 heterocycles. The summed E-state index contributed by atoms with van der Waals surface area (Å²) in [7, 11) is 0. The lowest BCUT2D eigenvalue weighted by Gasteiger charge is -2.28. The summed E-state index contributed by atoms with van der Waals surface area (Å²) in [6.07, 6.45) is 1.50. The van der Waals surface area contributed by atoms with Crippen LogP contribution in [-0.4, -0.2) is 28.6 Å². The summed E-state index contributed by atoms with van der Waals surface area (Å²) < 4.78 is 36.8. The number of halogens is 4. The fraction of sp³-hybridized carbons (Fsp3) is 0.308. The number of carbonyl (C=O) groups excluding carboxylic acids is 1. The van der Waals surface area contributed by atoms with Crippen molar-refractivity contribution in [3.8, 4) is 0 Å². The van der Waals surface area contributed by atoms with E-state index in [-0.39, 0.29) is 0 Å². The average Bonchev–Trinajstić information content (AvgIpc) is 2.44. The predicted molar refractivity (Wildman–Crippen MR) is 75.3 cm³/mol. The SMILES string of the molecule is C=CC(Cl)C(F)(C=C)OC(=O)OC(F)(C=C)C(Cl)C=C. The Bertz CT molecular complexity index is 380. The Hall–Kier alpha value is -1.33. The van der Waals surface area contributed by atoms with Crippen LogP contribution in [0.2, 0.25) is 0 Å². The van der Waals surface area contributed by atoms with Gasteiger partial charge in [0.25, 0.3) is 11.7 Å². The number of rotatable bonds is 8. The van der Waals surface area contributed by atoms with Gasteiger partial charge in [0.15, 0.2) is 0 Å². The van der Waals surface area contributed by atoms with Crippen molar-refractivity contribution in [3.63, 3.8) is 0 Å². The Labute approximate surface area is 126 Å². The summed E-state index contributed by atoms with van der Waals surface area (Å²) >= 11 is 11.1. The molecule has 0 aromatic heterocycles. The number of hydrogen-bond acceptors (Lipinski definition) is 3. The second-order valence-electron chi connectivity index (χ2n) is 3.53. The van der Waals surface area contributed by atoms with E-state index in [1.807, 2.05) is 0 Å². The largest absolute Gasteiger partial charge is 0.514 e. The normalized spacial score (nSPS) is 19.4. The van der Waals surface area contributed by atoms with Crippen LogP contribution in [0.15, 0.2) is 50.6 Å². The van der Waals surface area contributed by atoms with Gasteiger partial charge in [-0.1, -0.05) is 25.3 Å². The van der Waals surface area contributed by atoms with E-state index in [0.717, 1.165) is 12.2 Å². The quantitative estimate of drug-likeness (QED) is 0.376. The Morgan fingerprint density at radius 1 is 0.950 bits per heavy atom. The first kappa shape index (κ1) is 18.7. The molecule has 0 aromatic carbocycles. The summed E-state index contributed by atoms with van der Waals surface area (Å²) in [5.41, 5.74) is 0. The van der Waals surface area contributed by atoms with Crippen molar-refractivity contribution < 1.29 is 23.0 Å². The van der Waals surface area contributed by atoms with Gasteiger partial charge in [-0.05, 0) is 12.2 Å². The highest BCUT2D eigenvalue weighted by molar-refractivity contribution is 6.23. The van der Waals surface area contributed by atoms with Crippen LogP contribution in [0.5, 0.6) is 0 Å². The van der Waals surface area contributed by atoms with E-state index >= 15 is 0 Å². The van der Waals surface area contributed by atoms with Crippen molar-refractivity contribution in [2.24, 2.45) is 0 Å². The van der Waals surface area contributed by atoms with Crippen LogP contribution >= 0.6 is 23.2 Å². The molecule has 0 radical (unpaired) electrons. The van der Waals surface area contributed by atoms with Gasteiger partial charge in [-0.2, -0.15) is 8.78 Å². The molecular weight excluding hydrogens is 313 g/mol. The van der Waals surface area contributed by atoms with E-state index < -0.39 is 28.6 Å². The van der Waals surface area contributed by atoms with Crippen LogP contribution in [0.25, 0.3) is 0 Å². The fourth-order valence-corrected chi connectivity index (χ4v) is 1.29. The monoisotopic (exact) mass is 326 g/mol. The van der Waals surface area contributed by atoms with Crippen molar-refractivity contribution in [2.75, 3.05) is 0 Å². The Balaban J connectivity index is 5.02. The molecule has 4 unspecified atom stereocenters. The molecule has 0 bridgehead atoms. The maximum Gasteiger partial charge on any atom is 0.514 e. The van der Waals surface area contributed by atoms with Crippen molar-refractivity contribution in [1.82, 2.24) is 0 Å². The highest BCUT2D eigenvalue weighted by Crippen LogP contribution is 2.30. The standard InChI is InChI=1S/C13H14Cl2F2O3/c1-5-9(14)12(16,7-3)19-11(18)20-13(17,8-4)10(15)6-2/h5-10H,1-4H2. The van der Waals surface area contributed by atoms with Crippen molar-refractivity contribution >= 4 is 29.4 Å². The molecule has 0 amide bonds. The minimum Gasteiger partial charge on any atom is -0.391 e. The summed E-state index contributed by atoms with van der Waals surface area (Å²) in [4.78, 5) is 11.4. The molecule has 20 heavy (non-hydrogen) atoms. The van der Waals surface area contributed by atoms with Gasteiger partial charge in [0, 0.05) is 0 Å². The van der Waals surface area contributed by atoms with Crippen LogP contribution in [-0.2, 0) is 9.47 Å². The summed E-state index contributed by atoms with van der Waals surface area (Å²) in [5, 5.41) is -2.87. The zero-order valence-corrected chi connectivity index (χ0v) is 12.0. The third-order valence-electron chi connectivity index (χ3n) is 2.20. The predicted octanol–water partition coefficient (Wildman–Crippen LogP) is 4.43. The zero-order chi connectivity index (χ0) is 16.0. The highest BCUT2D eigenvalue weighted by atomic mass is 35.5. The van der Waals surface area contributed by atoms with Crippen LogP contribution in [0.3, 0.4) is 0 Å². The lowest BCUT2D eigenvalue weighted by Crippen LogP contribution is -2.41. The molecule has 0 saturated heterocycles. The summed E-state index contributed by atoms with van der Waals surface area (Å²) in [5.74, 6) is -5.61. The first-order valence-corrected chi connectivity index (χ1v) is 6.16. The highest BCUT2D eigenvalue weighted by Gasteiger charge is 2.43. The Kier molecular flexibility index (Phi) is 6.96. The second kappa shape index (κ2) is 7.45. The van der Waals surface area contributed by atoms with E-state index in [1.165, 1.54) is 0 Å². The van der Waals surface area contributed by atoms with Crippen molar-refractivity contribution in [3.05, 3.63) is 50.6 Å². The third-order valence-corrected chi connectivity index (χ3v) is 3.15. The molecule has 0 fully saturated rings. The maximum atomic E-state index is 14.1. The number of hydrogen-bond donors (Lipinski definition) is 0. The maximum absolute atomic E-state index is 14.1. The van der Waals surface area contributed by atoms with E-state index in [1.54, 1.807) is 0 Å². The van der Waals surface area contributed by atoms with Crippen LogP contribution in [0.1, 0.15) is 0 Å². The molecule has 0 N–H and O–H groups in total. The number of carbonyl (C=O) groups is 1. The molecule has 0 aliphatic rings.